The molecule has 1 aliphatic heterocycles. The average Bonchev–Trinajstić information content (AvgIpc) is 2.29. The number of rotatable bonds is 0. The smallest absolute Gasteiger partial charge is 0.414 e. The summed E-state index contributed by atoms with van der Waals surface area (Å²) >= 11 is 0. The predicted molar refractivity (Wildman–Crippen MR) is 59.2 cm³/mol. The first kappa shape index (κ1) is 10.0. The number of para-hydroxylation sites is 1. The van der Waals surface area contributed by atoms with Gasteiger partial charge in [0.15, 0.2) is 0 Å². The summed E-state index contributed by atoms with van der Waals surface area (Å²) in [5.41, 5.74) is 2.22. The van der Waals surface area contributed by atoms with Crippen molar-refractivity contribution in [1.82, 2.24) is 0 Å². The Morgan fingerprint density at radius 2 is 2.20 bits per heavy atom. The van der Waals surface area contributed by atoms with Crippen molar-refractivity contribution in [2.45, 2.75) is 19.3 Å². The molecule has 3 heteroatoms. The molecule has 0 N–H and O–H groups in total. The zero-order chi connectivity index (χ0) is 10.8. The molecule has 1 atom stereocenters. The van der Waals surface area contributed by atoms with E-state index in [1.165, 1.54) is 12.7 Å². The molecule has 1 amide bonds. The molecule has 2 rings (SSSR count). The fourth-order valence-electron chi connectivity index (χ4n) is 2.05. The Labute approximate surface area is 89.7 Å². The van der Waals surface area contributed by atoms with E-state index in [0.717, 1.165) is 18.7 Å². The molecule has 1 unspecified atom stereocenters. The van der Waals surface area contributed by atoms with Crippen LogP contribution in [0.5, 0.6) is 0 Å². The van der Waals surface area contributed by atoms with E-state index < -0.39 is 0 Å². The highest BCUT2D eigenvalue weighted by molar-refractivity contribution is 5.89. The van der Waals surface area contributed by atoms with Crippen molar-refractivity contribution in [2.75, 3.05) is 18.6 Å². The Morgan fingerprint density at radius 3 is 2.93 bits per heavy atom. The highest BCUT2D eigenvalue weighted by atomic mass is 16.5. The Balaban J connectivity index is 2.40. The van der Waals surface area contributed by atoms with Gasteiger partial charge >= 0.3 is 6.09 Å². The number of ether oxygens (including phenoxy) is 1. The van der Waals surface area contributed by atoms with Gasteiger partial charge in [-0.2, -0.15) is 0 Å². The molecular formula is C12H15NO2. The minimum absolute atomic E-state index is 0.269. The predicted octanol–water partition coefficient (Wildman–Crippen LogP) is 2.77. The Morgan fingerprint density at radius 1 is 1.47 bits per heavy atom. The molecule has 0 saturated carbocycles. The number of nitrogens with zero attached hydrogens (tertiary/aromatic N) is 1. The van der Waals surface area contributed by atoms with Crippen LogP contribution in [0.2, 0.25) is 0 Å². The third-order valence-electron chi connectivity index (χ3n) is 2.94. The fraction of sp³-hybridized carbons (Fsp3) is 0.417. The number of fused-ring (bicyclic) bond motifs is 1. The Kier molecular flexibility index (Phi) is 2.62. The number of hydrogen-bond acceptors (Lipinski definition) is 2. The van der Waals surface area contributed by atoms with Crippen LogP contribution in [0.1, 0.15) is 24.8 Å². The molecule has 0 aromatic heterocycles. The van der Waals surface area contributed by atoms with Crippen LogP contribution < -0.4 is 4.90 Å². The van der Waals surface area contributed by atoms with Crippen molar-refractivity contribution in [3.8, 4) is 0 Å². The van der Waals surface area contributed by atoms with Crippen molar-refractivity contribution in [3.63, 3.8) is 0 Å². The second-order valence-electron chi connectivity index (χ2n) is 3.87. The molecule has 15 heavy (non-hydrogen) atoms. The van der Waals surface area contributed by atoms with E-state index in [1.54, 1.807) is 4.90 Å². The fourth-order valence-corrected chi connectivity index (χ4v) is 2.05. The number of benzene rings is 1. The zero-order valence-corrected chi connectivity index (χ0v) is 9.06. The van der Waals surface area contributed by atoms with Gasteiger partial charge in [-0.25, -0.2) is 4.79 Å². The minimum Gasteiger partial charge on any atom is -0.452 e. The molecule has 0 spiro atoms. The number of methoxy groups -OCH3 is 1. The normalized spacial score (nSPS) is 19.6. The van der Waals surface area contributed by atoms with Gasteiger partial charge in [0.25, 0.3) is 0 Å². The summed E-state index contributed by atoms with van der Waals surface area (Å²) in [6.07, 6.45) is 0.723. The summed E-state index contributed by atoms with van der Waals surface area (Å²) in [5, 5.41) is 0. The van der Waals surface area contributed by atoms with E-state index in [0.29, 0.717) is 5.92 Å². The van der Waals surface area contributed by atoms with Gasteiger partial charge in [-0.05, 0) is 24.0 Å². The summed E-state index contributed by atoms with van der Waals surface area (Å²) in [6.45, 7) is 2.93. The van der Waals surface area contributed by atoms with Crippen LogP contribution in [-0.2, 0) is 4.74 Å². The van der Waals surface area contributed by atoms with Gasteiger partial charge in [-0.3, -0.25) is 4.90 Å². The largest absolute Gasteiger partial charge is 0.452 e. The first-order valence-corrected chi connectivity index (χ1v) is 5.18. The Bertz CT molecular complexity index is 376. The van der Waals surface area contributed by atoms with Crippen molar-refractivity contribution in [3.05, 3.63) is 29.8 Å². The van der Waals surface area contributed by atoms with Crippen molar-refractivity contribution in [1.29, 1.82) is 0 Å². The maximum absolute atomic E-state index is 11.5. The SMILES string of the molecule is COC(=O)N1CCC(C)c2ccccc21. The van der Waals surface area contributed by atoms with Crippen LogP contribution in [0.4, 0.5) is 10.5 Å². The molecule has 0 fully saturated rings. The number of hydrogen-bond donors (Lipinski definition) is 0. The van der Waals surface area contributed by atoms with Crippen molar-refractivity contribution in [2.24, 2.45) is 0 Å². The molecule has 0 radical (unpaired) electrons. The number of carbonyl (C=O) groups is 1. The second-order valence-corrected chi connectivity index (χ2v) is 3.87. The molecule has 1 aromatic carbocycles. The van der Waals surface area contributed by atoms with Crippen LogP contribution in [0, 0.1) is 0 Å². The highest BCUT2D eigenvalue weighted by Gasteiger charge is 2.26. The van der Waals surface area contributed by atoms with Crippen molar-refractivity contribution < 1.29 is 9.53 Å². The number of amides is 1. The first-order valence-electron chi connectivity index (χ1n) is 5.18. The second kappa shape index (κ2) is 3.93. The lowest BCUT2D eigenvalue weighted by atomic mass is 9.92. The summed E-state index contributed by atoms with van der Waals surface area (Å²) in [7, 11) is 1.42. The van der Waals surface area contributed by atoms with Gasteiger partial charge in [0.2, 0.25) is 0 Å². The van der Waals surface area contributed by atoms with Crippen LogP contribution >= 0.6 is 0 Å². The van der Waals surface area contributed by atoms with Crippen LogP contribution in [0.15, 0.2) is 24.3 Å². The quantitative estimate of drug-likeness (QED) is 0.651. The van der Waals surface area contributed by atoms with Gasteiger partial charge in [-0.15, -0.1) is 0 Å². The van der Waals surface area contributed by atoms with E-state index in [9.17, 15) is 4.79 Å². The maximum atomic E-state index is 11.5. The zero-order valence-electron chi connectivity index (χ0n) is 9.06. The van der Waals surface area contributed by atoms with Gasteiger partial charge in [0.1, 0.15) is 0 Å². The van der Waals surface area contributed by atoms with E-state index >= 15 is 0 Å². The first-order chi connectivity index (χ1) is 7.24. The Hall–Kier alpha value is -1.51. The van der Waals surface area contributed by atoms with Crippen LogP contribution in [0.25, 0.3) is 0 Å². The topological polar surface area (TPSA) is 29.5 Å². The molecule has 1 heterocycles. The van der Waals surface area contributed by atoms with Gasteiger partial charge in [-0.1, -0.05) is 25.1 Å². The summed E-state index contributed by atoms with van der Waals surface area (Å²) < 4.78 is 4.77. The third kappa shape index (κ3) is 1.69. The maximum Gasteiger partial charge on any atom is 0.414 e. The molecular weight excluding hydrogens is 190 g/mol. The average molecular weight is 205 g/mol. The van der Waals surface area contributed by atoms with Gasteiger partial charge in [0.05, 0.1) is 12.8 Å². The molecule has 0 bridgehead atoms. The van der Waals surface area contributed by atoms with E-state index in [1.807, 2.05) is 18.2 Å². The number of carbonyl (C=O) groups excluding carboxylic acids is 1. The molecule has 1 aliphatic rings. The summed E-state index contributed by atoms with van der Waals surface area (Å²) in [6, 6.07) is 8.01. The number of anilines is 1. The summed E-state index contributed by atoms with van der Waals surface area (Å²) in [4.78, 5) is 13.2. The van der Waals surface area contributed by atoms with Crippen LogP contribution in [-0.4, -0.2) is 19.7 Å². The van der Waals surface area contributed by atoms with E-state index in [2.05, 4.69) is 13.0 Å². The third-order valence-corrected chi connectivity index (χ3v) is 2.94. The van der Waals surface area contributed by atoms with E-state index in [-0.39, 0.29) is 6.09 Å². The lowest BCUT2D eigenvalue weighted by molar-refractivity contribution is 0.178. The monoisotopic (exact) mass is 205 g/mol. The minimum atomic E-state index is -0.269. The van der Waals surface area contributed by atoms with Crippen molar-refractivity contribution >= 4 is 11.8 Å². The highest BCUT2D eigenvalue weighted by Crippen LogP contribution is 2.34. The molecule has 3 nitrogen and oxygen atoms in total. The standard InChI is InChI=1S/C12H15NO2/c1-9-7-8-13(12(14)15-2)11-6-4-3-5-10(9)11/h3-6,9H,7-8H2,1-2H3. The van der Waals surface area contributed by atoms with E-state index in [4.69, 9.17) is 4.74 Å². The lowest BCUT2D eigenvalue weighted by Crippen LogP contribution is -2.36. The summed E-state index contributed by atoms with van der Waals surface area (Å²) in [5.74, 6) is 0.516. The molecule has 0 saturated heterocycles. The van der Waals surface area contributed by atoms with Gasteiger partial charge < -0.3 is 4.74 Å². The van der Waals surface area contributed by atoms with Gasteiger partial charge in [0, 0.05) is 6.54 Å². The molecule has 0 aliphatic carbocycles. The lowest BCUT2D eigenvalue weighted by Gasteiger charge is -2.31. The molecule has 80 valence electrons. The molecule has 1 aromatic rings. The van der Waals surface area contributed by atoms with Crippen LogP contribution in [0.3, 0.4) is 0 Å².